The fraction of sp³-hybridized carbons (Fsp3) is 0.300. The summed E-state index contributed by atoms with van der Waals surface area (Å²) in [7, 11) is 0. The zero-order valence-corrected chi connectivity index (χ0v) is 15.6. The second kappa shape index (κ2) is 7.56. The van der Waals surface area contributed by atoms with Crippen molar-refractivity contribution in [2.75, 3.05) is 0 Å². The van der Waals surface area contributed by atoms with E-state index in [0.717, 1.165) is 12.1 Å². The Balaban J connectivity index is 2.38. The summed E-state index contributed by atoms with van der Waals surface area (Å²) in [5.41, 5.74) is 6.67. The van der Waals surface area contributed by atoms with Gasteiger partial charge in [0.15, 0.2) is 0 Å². The van der Waals surface area contributed by atoms with Crippen molar-refractivity contribution in [3.63, 3.8) is 0 Å². The number of nitro benzene ring substituents is 1. The van der Waals surface area contributed by atoms with Gasteiger partial charge in [-0.1, -0.05) is 31.5 Å². The van der Waals surface area contributed by atoms with Crippen LogP contribution in [0.25, 0.3) is 0 Å². The third-order valence-electron chi connectivity index (χ3n) is 4.84. The van der Waals surface area contributed by atoms with Gasteiger partial charge in [0.05, 0.1) is 16.4 Å². The average Bonchev–Trinajstić information content (AvgIpc) is 2.67. The number of allylic oxidation sites excluding steroid dienone is 1. The minimum Gasteiger partial charge on any atom is -0.440 e. The van der Waals surface area contributed by atoms with E-state index in [1.165, 1.54) is 18.2 Å². The number of pyridine rings is 1. The Morgan fingerprint density at radius 3 is 2.68 bits per heavy atom. The zero-order valence-electron chi connectivity index (χ0n) is 15.6. The zero-order chi connectivity index (χ0) is 20.4. The fourth-order valence-corrected chi connectivity index (χ4v) is 3.64. The van der Waals surface area contributed by atoms with Crippen LogP contribution in [-0.4, -0.2) is 9.49 Å². The van der Waals surface area contributed by atoms with Crippen LogP contribution in [0.4, 0.5) is 5.69 Å². The molecule has 1 unspecified atom stereocenters. The van der Waals surface area contributed by atoms with Gasteiger partial charge >= 0.3 is 0 Å². The Hall–Kier alpha value is -3.60. The predicted octanol–water partition coefficient (Wildman–Crippen LogP) is 2.95. The van der Waals surface area contributed by atoms with Crippen LogP contribution < -0.4 is 16.0 Å². The smallest absolute Gasteiger partial charge is 0.273 e. The third kappa shape index (κ3) is 3.01. The van der Waals surface area contributed by atoms with Crippen molar-refractivity contribution in [3.05, 3.63) is 79.1 Å². The van der Waals surface area contributed by atoms with Gasteiger partial charge in [-0.3, -0.25) is 14.9 Å². The van der Waals surface area contributed by atoms with Crippen molar-refractivity contribution in [1.29, 1.82) is 5.26 Å². The van der Waals surface area contributed by atoms with Gasteiger partial charge in [-0.2, -0.15) is 5.26 Å². The second-order valence-corrected chi connectivity index (χ2v) is 6.45. The molecule has 1 aromatic carbocycles. The molecule has 1 atom stereocenters. The van der Waals surface area contributed by atoms with Crippen molar-refractivity contribution in [2.24, 2.45) is 5.73 Å². The molecule has 144 valence electrons. The third-order valence-corrected chi connectivity index (χ3v) is 4.84. The molecule has 28 heavy (non-hydrogen) atoms. The molecule has 2 N–H and O–H groups in total. The van der Waals surface area contributed by atoms with Crippen molar-refractivity contribution < 1.29 is 9.66 Å². The quantitative estimate of drug-likeness (QED) is 0.628. The van der Waals surface area contributed by atoms with Gasteiger partial charge in [-0.15, -0.1) is 0 Å². The lowest BCUT2D eigenvalue weighted by atomic mass is 9.83. The Labute approximate surface area is 161 Å². The van der Waals surface area contributed by atoms with E-state index in [1.807, 2.05) is 19.9 Å². The summed E-state index contributed by atoms with van der Waals surface area (Å²) in [6.45, 7) is 4.29. The van der Waals surface area contributed by atoms with Crippen LogP contribution in [0.5, 0.6) is 5.75 Å². The number of benzene rings is 1. The monoisotopic (exact) mass is 380 g/mol. The number of para-hydroxylation sites is 1. The van der Waals surface area contributed by atoms with Crippen LogP contribution >= 0.6 is 0 Å². The largest absolute Gasteiger partial charge is 0.440 e. The van der Waals surface area contributed by atoms with Gasteiger partial charge in [-0.25, -0.2) is 0 Å². The highest BCUT2D eigenvalue weighted by molar-refractivity contribution is 5.59. The van der Waals surface area contributed by atoms with Gasteiger partial charge in [0.25, 0.3) is 11.2 Å². The lowest BCUT2D eigenvalue weighted by molar-refractivity contribution is -0.385. The fourth-order valence-electron chi connectivity index (χ4n) is 3.64. The highest BCUT2D eigenvalue weighted by Gasteiger charge is 2.37. The number of hydrogen-bond acceptors (Lipinski definition) is 6. The Kier molecular flexibility index (Phi) is 5.18. The van der Waals surface area contributed by atoms with Gasteiger partial charge < -0.3 is 15.0 Å². The standard InChI is InChI=1S/C20H20N4O4/c1-3-7-12-10-16-18(20(25)23(12)4-2)17(14(11-21)19(22)28-16)13-8-5-6-9-15(13)24(26)27/h5-6,8-10,17H,3-4,7,22H2,1-2H3. The molecule has 0 aliphatic carbocycles. The van der Waals surface area contributed by atoms with Gasteiger partial charge in [0.1, 0.15) is 17.4 Å². The molecule has 0 spiro atoms. The normalized spacial score (nSPS) is 15.5. The summed E-state index contributed by atoms with van der Waals surface area (Å²) in [5.74, 6) is -0.858. The highest BCUT2D eigenvalue weighted by Crippen LogP contribution is 2.43. The number of nitro groups is 1. The number of ether oxygens (including phenoxy) is 1. The first kappa shape index (κ1) is 19.2. The van der Waals surface area contributed by atoms with E-state index in [9.17, 15) is 20.2 Å². The maximum absolute atomic E-state index is 13.3. The second-order valence-electron chi connectivity index (χ2n) is 6.45. The van der Waals surface area contributed by atoms with E-state index in [2.05, 4.69) is 0 Å². The first-order chi connectivity index (χ1) is 13.4. The van der Waals surface area contributed by atoms with Crippen molar-refractivity contribution >= 4 is 5.69 Å². The van der Waals surface area contributed by atoms with Gasteiger partial charge in [0.2, 0.25) is 5.88 Å². The minimum absolute atomic E-state index is 0.00945. The highest BCUT2D eigenvalue weighted by atomic mass is 16.6. The number of nitrogens with zero attached hydrogens (tertiary/aromatic N) is 3. The number of hydrogen-bond donors (Lipinski definition) is 1. The number of aryl methyl sites for hydroxylation is 1. The number of aromatic nitrogens is 1. The minimum atomic E-state index is -0.962. The first-order valence-corrected chi connectivity index (χ1v) is 9.02. The SMILES string of the molecule is CCCc1cc2c(c(=O)n1CC)C(c1ccccc1[N+](=O)[O-])C(C#N)=C(N)O2. The van der Waals surface area contributed by atoms with Gasteiger partial charge in [0, 0.05) is 29.9 Å². The van der Waals surface area contributed by atoms with Crippen molar-refractivity contribution in [2.45, 2.75) is 39.2 Å². The lowest BCUT2D eigenvalue weighted by Gasteiger charge is -2.27. The van der Waals surface area contributed by atoms with Crippen LogP contribution in [0.2, 0.25) is 0 Å². The number of fused-ring (bicyclic) bond motifs is 1. The Bertz CT molecular complexity index is 1080. The molecule has 8 heteroatoms. The maximum Gasteiger partial charge on any atom is 0.273 e. The molecule has 0 saturated heterocycles. The summed E-state index contributed by atoms with van der Waals surface area (Å²) in [5, 5.41) is 21.2. The maximum atomic E-state index is 13.3. The van der Waals surface area contributed by atoms with E-state index in [-0.39, 0.29) is 39.6 Å². The predicted molar refractivity (Wildman–Crippen MR) is 103 cm³/mol. The van der Waals surface area contributed by atoms with E-state index in [1.54, 1.807) is 16.7 Å². The molecule has 0 bridgehead atoms. The summed E-state index contributed by atoms with van der Waals surface area (Å²) in [6, 6.07) is 9.77. The van der Waals surface area contributed by atoms with E-state index >= 15 is 0 Å². The molecule has 3 rings (SSSR count). The van der Waals surface area contributed by atoms with E-state index in [4.69, 9.17) is 10.5 Å². The topological polar surface area (TPSA) is 124 Å². The molecule has 0 radical (unpaired) electrons. The molecule has 0 saturated carbocycles. The molecule has 2 heterocycles. The van der Waals surface area contributed by atoms with Crippen LogP contribution in [0.3, 0.4) is 0 Å². The van der Waals surface area contributed by atoms with Crippen LogP contribution in [-0.2, 0) is 13.0 Å². The van der Waals surface area contributed by atoms with Crippen molar-refractivity contribution in [3.8, 4) is 11.8 Å². The van der Waals surface area contributed by atoms with E-state index < -0.39 is 10.8 Å². The van der Waals surface area contributed by atoms with Crippen LogP contribution in [0.1, 0.15) is 43.0 Å². The first-order valence-electron chi connectivity index (χ1n) is 9.02. The molecule has 8 nitrogen and oxygen atoms in total. The number of rotatable bonds is 5. The lowest BCUT2D eigenvalue weighted by Crippen LogP contribution is -2.33. The molecule has 2 aromatic rings. The Morgan fingerprint density at radius 1 is 1.36 bits per heavy atom. The molecule has 1 aliphatic heterocycles. The number of nitrogens with two attached hydrogens (primary N) is 1. The summed E-state index contributed by atoms with van der Waals surface area (Å²) in [6.07, 6.45) is 1.51. The molecular formula is C20H20N4O4. The number of nitriles is 1. The molecule has 0 amide bonds. The molecule has 0 fully saturated rings. The van der Waals surface area contributed by atoms with Crippen molar-refractivity contribution in [1.82, 2.24) is 4.57 Å². The molecule has 1 aromatic heterocycles. The van der Waals surface area contributed by atoms with Crippen LogP contribution in [0.15, 0.2) is 46.6 Å². The Morgan fingerprint density at radius 2 is 2.07 bits per heavy atom. The molecule has 1 aliphatic rings. The van der Waals surface area contributed by atoms with E-state index in [0.29, 0.717) is 13.0 Å². The summed E-state index contributed by atoms with van der Waals surface area (Å²) < 4.78 is 7.22. The summed E-state index contributed by atoms with van der Waals surface area (Å²) >= 11 is 0. The van der Waals surface area contributed by atoms with Crippen LogP contribution in [0, 0.1) is 21.4 Å². The molecular weight excluding hydrogens is 360 g/mol. The van der Waals surface area contributed by atoms with Gasteiger partial charge in [-0.05, 0) is 13.3 Å². The average molecular weight is 380 g/mol. The summed E-state index contributed by atoms with van der Waals surface area (Å²) in [4.78, 5) is 24.3.